The third-order valence-corrected chi connectivity index (χ3v) is 3.00. The van der Waals surface area contributed by atoms with Crippen molar-refractivity contribution in [3.8, 4) is 0 Å². The van der Waals surface area contributed by atoms with Gasteiger partial charge in [-0.3, -0.25) is 0 Å². The Morgan fingerprint density at radius 2 is 1.67 bits per heavy atom. The Labute approximate surface area is 93.9 Å². The average Bonchev–Trinajstić information content (AvgIpc) is 2.20. The zero-order valence-corrected chi connectivity index (χ0v) is 10.5. The standard InChI is InChI=1S/C14H23N/c1-5-15-8-6-7-14-10-12(3)11(2)9-13(14)4/h9-10,15H,5-8H2,1-4H3. The zero-order chi connectivity index (χ0) is 11.3. The first-order chi connectivity index (χ1) is 7.15. The van der Waals surface area contributed by atoms with Crippen molar-refractivity contribution in [1.29, 1.82) is 0 Å². The molecule has 1 heteroatoms. The normalized spacial score (nSPS) is 10.7. The van der Waals surface area contributed by atoms with E-state index < -0.39 is 0 Å². The Bertz CT molecular complexity index is 315. The summed E-state index contributed by atoms with van der Waals surface area (Å²) in [7, 11) is 0. The summed E-state index contributed by atoms with van der Waals surface area (Å²) in [5.74, 6) is 0. The maximum absolute atomic E-state index is 3.36. The zero-order valence-electron chi connectivity index (χ0n) is 10.5. The second-order valence-corrected chi connectivity index (χ2v) is 4.32. The molecule has 1 N–H and O–H groups in total. The van der Waals surface area contributed by atoms with Gasteiger partial charge < -0.3 is 5.32 Å². The van der Waals surface area contributed by atoms with E-state index in [1.165, 1.54) is 35.1 Å². The molecular weight excluding hydrogens is 182 g/mol. The van der Waals surface area contributed by atoms with Crippen LogP contribution in [-0.4, -0.2) is 13.1 Å². The Kier molecular flexibility index (Phi) is 4.83. The summed E-state index contributed by atoms with van der Waals surface area (Å²) >= 11 is 0. The topological polar surface area (TPSA) is 12.0 Å². The van der Waals surface area contributed by atoms with Crippen LogP contribution in [0.25, 0.3) is 0 Å². The van der Waals surface area contributed by atoms with Crippen LogP contribution in [0.5, 0.6) is 0 Å². The van der Waals surface area contributed by atoms with Crippen LogP contribution < -0.4 is 5.32 Å². The van der Waals surface area contributed by atoms with E-state index in [1.54, 1.807) is 0 Å². The van der Waals surface area contributed by atoms with Crippen LogP contribution >= 0.6 is 0 Å². The molecule has 84 valence electrons. The minimum Gasteiger partial charge on any atom is -0.317 e. The van der Waals surface area contributed by atoms with Crippen molar-refractivity contribution >= 4 is 0 Å². The highest BCUT2D eigenvalue weighted by Gasteiger charge is 2.01. The fourth-order valence-electron chi connectivity index (χ4n) is 1.87. The second kappa shape index (κ2) is 5.92. The van der Waals surface area contributed by atoms with E-state index in [-0.39, 0.29) is 0 Å². The van der Waals surface area contributed by atoms with Crippen LogP contribution in [-0.2, 0) is 6.42 Å². The van der Waals surface area contributed by atoms with Crippen LogP contribution in [0.4, 0.5) is 0 Å². The molecule has 0 fully saturated rings. The molecule has 1 aromatic rings. The van der Waals surface area contributed by atoms with Crippen molar-refractivity contribution < 1.29 is 0 Å². The lowest BCUT2D eigenvalue weighted by atomic mass is 9.98. The van der Waals surface area contributed by atoms with Crippen molar-refractivity contribution in [1.82, 2.24) is 5.32 Å². The fourth-order valence-corrected chi connectivity index (χ4v) is 1.87. The lowest BCUT2D eigenvalue weighted by Crippen LogP contribution is -2.14. The number of hydrogen-bond acceptors (Lipinski definition) is 1. The van der Waals surface area contributed by atoms with E-state index in [0.29, 0.717) is 0 Å². The van der Waals surface area contributed by atoms with Crippen molar-refractivity contribution in [3.63, 3.8) is 0 Å². The highest BCUT2D eigenvalue weighted by molar-refractivity contribution is 5.36. The van der Waals surface area contributed by atoms with Gasteiger partial charge in [0.1, 0.15) is 0 Å². The van der Waals surface area contributed by atoms with Gasteiger partial charge in [-0.1, -0.05) is 19.1 Å². The summed E-state index contributed by atoms with van der Waals surface area (Å²) in [4.78, 5) is 0. The third-order valence-electron chi connectivity index (χ3n) is 3.00. The molecule has 0 bridgehead atoms. The molecule has 1 aromatic carbocycles. The maximum Gasteiger partial charge on any atom is -0.00459 e. The van der Waals surface area contributed by atoms with Gasteiger partial charge in [-0.15, -0.1) is 0 Å². The van der Waals surface area contributed by atoms with Crippen molar-refractivity contribution in [3.05, 3.63) is 34.4 Å². The summed E-state index contributed by atoms with van der Waals surface area (Å²) in [5.41, 5.74) is 5.77. The fraction of sp³-hybridized carbons (Fsp3) is 0.571. The van der Waals surface area contributed by atoms with Gasteiger partial charge in [0.05, 0.1) is 0 Å². The highest BCUT2D eigenvalue weighted by atomic mass is 14.8. The molecule has 0 radical (unpaired) electrons. The summed E-state index contributed by atoms with van der Waals surface area (Å²) in [6, 6.07) is 4.65. The quantitative estimate of drug-likeness (QED) is 0.728. The number of aryl methyl sites for hydroxylation is 4. The van der Waals surface area contributed by atoms with Gasteiger partial charge in [0, 0.05) is 0 Å². The van der Waals surface area contributed by atoms with E-state index in [4.69, 9.17) is 0 Å². The number of rotatable bonds is 5. The minimum absolute atomic E-state index is 1.08. The molecule has 0 heterocycles. The number of hydrogen-bond donors (Lipinski definition) is 1. The molecule has 0 amide bonds. The molecular formula is C14H23N. The monoisotopic (exact) mass is 205 g/mol. The Morgan fingerprint density at radius 3 is 2.33 bits per heavy atom. The van der Waals surface area contributed by atoms with Crippen LogP contribution in [0.15, 0.2) is 12.1 Å². The smallest absolute Gasteiger partial charge is 0.00459 e. The summed E-state index contributed by atoms with van der Waals surface area (Å²) < 4.78 is 0. The molecule has 0 unspecified atom stereocenters. The Morgan fingerprint density at radius 1 is 1.00 bits per heavy atom. The molecule has 0 aliphatic rings. The van der Waals surface area contributed by atoms with Gasteiger partial charge in [-0.25, -0.2) is 0 Å². The van der Waals surface area contributed by atoms with Crippen molar-refractivity contribution in [2.45, 2.75) is 40.5 Å². The third kappa shape index (κ3) is 3.67. The summed E-state index contributed by atoms with van der Waals surface area (Å²) in [6.07, 6.45) is 2.43. The predicted molar refractivity (Wildman–Crippen MR) is 67.5 cm³/mol. The molecule has 0 saturated carbocycles. The van der Waals surface area contributed by atoms with Gasteiger partial charge in [0.15, 0.2) is 0 Å². The maximum atomic E-state index is 3.36. The first-order valence-corrected chi connectivity index (χ1v) is 5.92. The first-order valence-electron chi connectivity index (χ1n) is 5.92. The molecule has 0 aromatic heterocycles. The molecule has 1 rings (SSSR count). The van der Waals surface area contributed by atoms with Crippen molar-refractivity contribution in [2.75, 3.05) is 13.1 Å². The minimum atomic E-state index is 1.08. The van der Waals surface area contributed by atoms with E-state index in [2.05, 4.69) is 45.1 Å². The van der Waals surface area contributed by atoms with Gasteiger partial charge >= 0.3 is 0 Å². The molecule has 0 aliphatic carbocycles. The molecule has 0 saturated heterocycles. The number of benzene rings is 1. The van der Waals surface area contributed by atoms with Gasteiger partial charge in [-0.2, -0.15) is 0 Å². The first kappa shape index (κ1) is 12.3. The van der Waals surface area contributed by atoms with E-state index in [0.717, 1.165) is 13.1 Å². The predicted octanol–water partition coefficient (Wildman–Crippen LogP) is 3.15. The Balaban J connectivity index is 2.57. The van der Waals surface area contributed by atoms with Crippen molar-refractivity contribution in [2.24, 2.45) is 0 Å². The lowest BCUT2D eigenvalue weighted by Gasteiger charge is -2.09. The van der Waals surface area contributed by atoms with Crippen LogP contribution in [0.3, 0.4) is 0 Å². The molecule has 0 spiro atoms. The Hall–Kier alpha value is -0.820. The van der Waals surface area contributed by atoms with Crippen LogP contribution in [0.1, 0.15) is 35.6 Å². The van der Waals surface area contributed by atoms with Crippen LogP contribution in [0, 0.1) is 20.8 Å². The van der Waals surface area contributed by atoms with E-state index in [9.17, 15) is 0 Å². The highest BCUT2D eigenvalue weighted by Crippen LogP contribution is 2.16. The second-order valence-electron chi connectivity index (χ2n) is 4.32. The molecule has 0 atom stereocenters. The van der Waals surface area contributed by atoms with E-state index in [1.807, 2.05) is 0 Å². The average molecular weight is 205 g/mol. The van der Waals surface area contributed by atoms with Gasteiger partial charge in [0.25, 0.3) is 0 Å². The van der Waals surface area contributed by atoms with Gasteiger partial charge in [-0.05, 0) is 69.0 Å². The molecule has 0 aliphatic heterocycles. The summed E-state index contributed by atoms with van der Waals surface area (Å²) in [6.45, 7) is 11.0. The summed E-state index contributed by atoms with van der Waals surface area (Å²) in [5, 5.41) is 3.36. The van der Waals surface area contributed by atoms with E-state index >= 15 is 0 Å². The van der Waals surface area contributed by atoms with Crippen LogP contribution in [0.2, 0.25) is 0 Å². The van der Waals surface area contributed by atoms with Gasteiger partial charge in [0.2, 0.25) is 0 Å². The SMILES string of the molecule is CCNCCCc1cc(C)c(C)cc1C. The largest absolute Gasteiger partial charge is 0.317 e. The number of nitrogens with one attached hydrogen (secondary N) is 1. The lowest BCUT2D eigenvalue weighted by molar-refractivity contribution is 0.671. The molecule has 15 heavy (non-hydrogen) atoms. The molecule has 1 nitrogen and oxygen atoms in total.